The first kappa shape index (κ1) is 16.8. The Hall–Kier alpha value is -2.59. The average molecular weight is 314 g/mol. The Labute approximate surface area is 136 Å². The van der Waals surface area contributed by atoms with Crippen molar-refractivity contribution in [1.82, 2.24) is 15.2 Å². The van der Waals surface area contributed by atoms with Crippen LogP contribution in [0.3, 0.4) is 0 Å². The molecule has 0 aliphatic rings. The highest BCUT2D eigenvalue weighted by atomic mass is 16.5. The Kier molecular flexibility index (Phi) is 5.55. The van der Waals surface area contributed by atoms with Crippen LogP contribution in [0.5, 0.6) is 0 Å². The molecule has 2 rings (SSSR count). The lowest BCUT2D eigenvalue weighted by Crippen LogP contribution is -2.15. The quantitative estimate of drug-likeness (QED) is 0.680. The SMILES string of the molecule is Cc1cc(Nc2cc(C)c(C#N)c(NCCOC(C)C)n2)n[nH]1. The maximum Gasteiger partial charge on any atom is 0.153 e. The van der Waals surface area contributed by atoms with Crippen LogP contribution in [0.15, 0.2) is 12.1 Å². The molecule has 0 fully saturated rings. The minimum absolute atomic E-state index is 0.179. The zero-order chi connectivity index (χ0) is 16.8. The van der Waals surface area contributed by atoms with E-state index in [-0.39, 0.29) is 6.10 Å². The number of rotatable bonds is 7. The summed E-state index contributed by atoms with van der Waals surface area (Å²) in [6.07, 6.45) is 0.179. The molecule has 7 nitrogen and oxygen atoms in total. The monoisotopic (exact) mass is 314 g/mol. The third kappa shape index (κ3) is 4.69. The molecule has 0 bridgehead atoms. The standard InChI is InChI=1S/C16H22N6O/c1-10(2)23-6-5-18-16-13(9-17)11(3)7-14(20-16)19-15-8-12(4)21-22-15/h7-8,10H,5-6H2,1-4H3,(H3,18,19,20,21,22). The largest absolute Gasteiger partial charge is 0.377 e. The third-order valence-electron chi connectivity index (χ3n) is 3.14. The van der Waals surface area contributed by atoms with E-state index in [2.05, 4.69) is 31.9 Å². The van der Waals surface area contributed by atoms with Crippen LogP contribution in [0.2, 0.25) is 0 Å². The molecule has 0 saturated carbocycles. The number of H-pyrrole nitrogens is 1. The fourth-order valence-electron chi connectivity index (χ4n) is 2.08. The predicted octanol–water partition coefficient (Wildman–Crippen LogP) is 2.87. The number of aryl methyl sites for hydroxylation is 2. The second-order valence-electron chi connectivity index (χ2n) is 5.57. The minimum atomic E-state index is 0.179. The van der Waals surface area contributed by atoms with Crippen LogP contribution >= 0.6 is 0 Å². The number of ether oxygens (including phenoxy) is 1. The van der Waals surface area contributed by atoms with Gasteiger partial charge in [0, 0.05) is 18.3 Å². The van der Waals surface area contributed by atoms with Crippen molar-refractivity contribution in [2.45, 2.75) is 33.8 Å². The molecule has 0 radical (unpaired) electrons. The minimum Gasteiger partial charge on any atom is -0.377 e. The van der Waals surface area contributed by atoms with Crippen molar-refractivity contribution in [2.24, 2.45) is 0 Å². The summed E-state index contributed by atoms with van der Waals surface area (Å²) < 4.78 is 5.49. The molecule has 7 heteroatoms. The summed E-state index contributed by atoms with van der Waals surface area (Å²) in [7, 11) is 0. The molecule has 0 unspecified atom stereocenters. The molecule has 122 valence electrons. The summed E-state index contributed by atoms with van der Waals surface area (Å²) in [5.41, 5.74) is 2.35. The van der Waals surface area contributed by atoms with Crippen LogP contribution in [-0.4, -0.2) is 34.4 Å². The molecule has 0 aliphatic heterocycles. The molecular weight excluding hydrogens is 292 g/mol. The van der Waals surface area contributed by atoms with Crippen LogP contribution in [0.25, 0.3) is 0 Å². The summed E-state index contributed by atoms with van der Waals surface area (Å²) in [6.45, 7) is 8.93. The Morgan fingerprint density at radius 1 is 1.30 bits per heavy atom. The number of aromatic nitrogens is 3. The summed E-state index contributed by atoms with van der Waals surface area (Å²) >= 11 is 0. The maximum atomic E-state index is 9.33. The lowest BCUT2D eigenvalue weighted by Gasteiger charge is -2.13. The molecule has 0 aromatic carbocycles. The molecule has 0 atom stereocenters. The first-order valence-electron chi connectivity index (χ1n) is 7.56. The van der Waals surface area contributed by atoms with Crippen molar-refractivity contribution in [2.75, 3.05) is 23.8 Å². The number of hydrogen-bond acceptors (Lipinski definition) is 6. The van der Waals surface area contributed by atoms with Crippen molar-refractivity contribution in [3.63, 3.8) is 0 Å². The number of nitrogens with zero attached hydrogens (tertiary/aromatic N) is 3. The number of nitriles is 1. The molecular formula is C16H22N6O. The second-order valence-corrected chi connectivity index (χ2v) is 5.57. The predicted molar refractivity (Wildman–Crippen MR) is 89.9 cm³/mol. The van der Waals surface area contributed by atoms with Crippen molar-refractivity contribution >= 4 is 17.5 Å². The van der Waals surface area contributed by atoms with Crippen LogP contribution in [-0.2, 0) is 4.74 Å². The van der Waals surface area contributed by atoms with Crippen LogP contribution in [0, 0.1) is 25.2 Å². The van der Waals surface area contributed by atoms with Gasteiger partial charge in [0.05, 0.1) is 18.3 Å². The third-order valence-corrected chi connectivity index (χ3v) is 3.14. The van der Waals surface area contributed by atoms with E-state index in [0.29, 0.717) is 36.2 Å². The van der Waals surface area contributed by atoms with Gasteiger partial charge in [0.2, 0.25) is 0 Å². The normalized spacial score (nSPS) is 10.6. The first-order valence-corrected chi connectivity index (χ1v) is 7.56. The van der Waals surface area contributed by atoms with E-state index >= 15 is 0 Å². The molecule has 2 aromatic rings. The highest BCUT2D eigenvalue weighted by molar-refractivity contribution is 5.63. The second kappa shape index (κ2) is 7.61. The van der Waals surface area contributed by atoms with E-state index in [0.717, 1.165) is 11.3 Å². The Morgan fingerprint density at radius 2 is 2.09 bits per heavy atom. The maximum absolute atomic E-state index is 9.33. The van der Waals surface area contributed by atoms with Gasteiger partial charge in [-0.1, -0.05) is 0 Å². The Balaban J connectivity index is 2.13. The number of nitrogens with one attached hydrogen (secondary N) is 3. The smallest absolute Gasteiger partial charge is 0.153 e. The van der Waals surface area contributed by atoms with E-state index < -0.39 is 0 Å². The van der Waals surface area contributed by atoms with Gasteiger partial charge in [-0.25, -0.2) is 4.98 Å². The van der Waals surface area contributed by atoms with E-state index in [1.807, 2.05) is 39.8 Å². The van der Waals surface area contributed by atoms with Gasteiger partial charge in [0.25, 0.3) is 0 Å². The van der Waals surface area contributed by atoms with Crippen molar-refractivity contribution in [1.29, 1.82) is 5.26 Å². The van der Waals surface area contributed by atoms with Gasteiger partial charge in [-0.15, -0.1) is 0 Å². The highest BCUT2D eigenvalue weighted by Crippen LogP contribution is 2.22. The average Bonchev–Trinajstić information content (AvgIpc) is 2.88. The number of anilines is 3. The van der Waals surface area contributed by atoms with E-state index in [1.165, 1.54) is 0 Å². The molecule has 23 heavy (non-hydrogen) atoms. The summed E-state index contributed by atoms with van der Waals surface area (Å²) in [5, 5.41) is 22.6. The highest BCUT2D eigenvalue weighted by Gasteiger charge is 2.10. The summed E-state index contributed by atoms with van der Waals surface area (Å²) in [4.78, 5) is 4.47. The number of aromatic amines is 1. The van der Waals surface area contributed by atoms with Crippen molar-refractivity contribution in [3.05, 3.63) is 29.0 Å². The molecule has 0 aliphatic carbocycles. The van der Waals surface area contributed by atoms with Gasteiger partial charge in [-0.05, 0) is 39.3 Å². The summed E-state index contributed by atoms with van der Waals surface area (Å²) in [5.74, 6) is 1.88. The lowest BCUT2D eigenvalue weighted by molar-refractivity contribution is 0.0870. The molecule has 2 aromatic heterocycles. The van der Waals surface area contributed by atoms with Gasteiger partial charge in [-0.3, -0.25) is 5.10 Å². The van der Waals surface area contributed by atoms with Crippen molar-refractivity contribution in [3.8, 4) is 6.07 Å². The van der Waals surface area contributed by atoms with Gasteiger partial charge in [0.15, 0.2) is 5.82 Å². The summed E-state index contributed by atoms with van der Waals surface area (Å²) in [6, 6.07) is 5.91. The van der Waals surface area contributed by atoms with Gasteiger partial charge in [-0.2, -0.15) is 10.4 Å². The molecule has 0 spiro atoms. The fourth-order valence-corrected chi connectivity index (χ4v) is 2.08. The van der Waals surface area contributed by atoms with Gasteiger partial charge in [0.1, 0.15) is 17.7 Å². The molecule has 3 N–H and O–H groups in total. The Bertz CT molecular complexity index is 701. The van der Waals surface area contributed by atoms with E-state index in [9.17, 15) is 5.26 Å². The van der Waals surface area contributed by atoms with Gasteiger partial charge < -0.3 is 15.4 Å². The Morgan fingerprint density at radius 3 is 2.70 bits per heavy atom. The fraction of sp³-hybridized carbons (Fsp3) is 0.438. The number of hydrogen-bond donors (Lipinski definition) is 3. The van der Waals surface area contributed by atoms with E-state index in [1.54, 1.807) is 0 Å². The van der Waals surface area contributed by atoms with Crippen molar-refractivity contribution < 1.29 is 4.74 Å². The van der Waals surface area contributed by atoms with Gasteiger partial charge >= 0.3 is 0 Å². The lowest BCUT2D eigenvalue weighted by atomic mass is 10.1. The van der Waals surface area contributed by atoms with Crippen LogP contribution in [0.1, 0.15) is 30.7 Å². The van der Waals surface area contributed by atoms with Crippen LogP contribution < -0.4 is 10.6 Å². The zero-order valence-electron chi connectivity index (χ0n) is 13.9. The molecule has 0 saturated heterocycles. The van der Waals surface area contributed by atoms with E-state index in [4.69, 9.17) is 4.74 Å². The van der Waals surface area contributed by atoms with Crippen LogP contribution in [0.4, 0.5) is 17.5 Å². The topological polar surface area (TPSA) is 98.7 Å². The number of pyridine rings is 1. The molecule has 2 heterocycles. The first-order chi connectivity index (χ1) is 11.0. The zero-order valence-corrected chi connectivity index (χ0v) is 13.9. The molecule has 0 amide bonds.